The quantitative estimate of drug-likeness (QED) is 0.803. The third kappa shape index (κ3) is 5.55. The van der Waals surface area contributed by atoms with E-state index in [4.69, 9.17) is 0 Å². The average Bonchev–Trinajstić information content (AvgIpc) is 2.67. The minimum absolute atomic E-state index is 0.0143. The highest BCUT2D eigenvalue weighted by atomic mass is 16.2. The summed E-state index contributed by atoms with van der Waals surface area (Å²) >= 11 is 0. The minimum atomic E-state index is -0.417. The van der Waals surface area contributed by atoms with E-state index in [-0.39, 0.29) is 23.3 Å². The Balaban J connectivity index is 2.02. The summed E-state index contributed by atoms with van der Waals surface area (Å²) in [7, 11) is 0. The molecular formula is C21H31N3O3. The van der Waals surface area contributed by atoms with Gasteiger partial charge in [-0.05, 0) is 63.8 Å². The maximum absolute atomic E-state index is 12.7. The van der Waals surface area contributed by atoms with E-state index in [9.17, 15) is 14.4 Å². The number of hydrogen-bond acceptors (Lipinski definition) is 3. The first-order valence-electron chi connectivity index (χ1n) is 9.80. The van der Waals surface area contributed by atoms with E-state index in [1.54, 1.807) is 29.2 Å². The third-order valence-corrected chi connectivity index (χ3v) is 5.18. The topological polar surface area (TPSA) is 78.5 Å². The highest BCUT2D eigenvalue weighted by Crippen LogP contribution is 2.20. The predicted octanol–water partition coefficient (Wildman–Crippen LogP) is 3.33. The molecule has 1 atom stereocenters. The lowest BCUT2D eigenvalue weighted by atomic mass is 10.0. The zero-order valence-corrected chi connectivity index (χ0v) is 16.8. The summed E-state index contributed by atoms with van der Waals surface area (Å²) in [5.41, 5.74) is 0.913. The zero-order valence-electron chi connectivity index (χ0n) is 16.8. The number of rotatable bonds is 6. The summed E-state index contributed by atoms with van der Waals surface area (Å²) in [5, 5.41) is 5.87. The number of anilines is 1. The summed E-state index contributed by atoms with van der Waals surface area (Å²) in [5.74, 6) is -0.284. The summed E-state index contributed by atoms with van der Waals surface area (Å²) in [4.78, 5) is 38.7. The maximum Gasteiger partial charge on any atom is 0.251 e. The molecule has 1 saturated heterocycles. The smallest absolute Gasteiger partial charge is 0.251 e. The highest BCUT2D eigenvalue weighted by Gasteiger charge is 2.31. The monoisotopic (exact) mass is 373 g/mol. The Labute approximate surface area is 161 Å². The van der Waals surface area contributed by atoms with Crippen LogP contribution < -0.4 is 10.6 Å². The number of carbonyl (C=O) groups is 3. The molecule has 1 aliphatic rings. The standard InChI is InChI=1S/C21H31N3O3/c1-5-18(25)24-14-8-7-9-17(24)20(27)22-16-12-10-15(11-13-16)19(26)23-21(3,4)6-2/h10-13,17H,5-9,14H2,1-4H3,(H,22,27)(H,23,26)/t17-/m1/s1. The number of carbonyl (C=O) groups excluding carboxylic acids is 3. The van der Waals surface area contributed by atoms with E-state index >= 15 is 0 Å². The minimum Gasteiger partial charge on any atom is -0.347 e. The van der Waals surface area contributed by atoms with Gasteiger partial charge in [0.1, 0.15) is 6.04 Å². The molecule has 148 valence electrons. The maximum atomic E-state index is 12.7. The molecule has 6 nitrogen and oxygen atoms in total. The Hall–Kier alpha value is -2.37. The zero-order chi connectivity index (χ0) is 20.0. The van der Waals surface area contributed by atoms with Crippen LogP contribution in [0, 0.1) is 0 Å². The lowest BCUT2D eigenvalue weighted by Gasteiger charge is -2.34. The van der Waals surface area contributed by atoms with E-state index in [0.29, 0.717) is 30.6 Å². The van der Waals surface area contributed by atoms with Gasteiger partial charge in [-0.1, -0.05) is 13.8 Å². The molecule has 1 fully saturated rings. The van der Waals surface area contributed by atoms with E-state index in [2.05, 4.69) is 10.6 Å². The molecule has 1 heterocycles. The molecule has 2 rings (SSSR count). The molecule has 1 aromatic carbocycles. The van der Waals surface area contributed by atoms with Crippen LogP contribution in [-0.2, 0) is 9.59 Å². The van der Waals surface area contributed by atoms with Crippen molar-refractivity contribution in [2.24, 2.45) is 0 Å². The van der Waals surface area contributed by atoms with Crippen LogP contribution in [0.4, 0.5) is 5.69 Å². The highest BCUT2D eigenvalue weighted by molar-refractivity contribution is 5.98. The van der Waals surface area contributed by atoms with E-state index in [0.717, 1.165) is 19.3 Å². The number of nitrogens with one attached hydrogen (secondary N) is 2. The van der Waals surface area contributed by atoms with E-state index in [1.165, 1.54) is 0 Å². The van der Waals surface area contributed by atoms with Crippen LogP contribution in [0.25, 0.3) is 0 Å². The molecule has 6 heteroatoms. The van der Waals surface area contributed by atoms with Gasteiger partial charge in [-0.2, -0.15) is 0 Å². The van der Waals surface area contributed by atoms with Crippen LogP contribution in [0.2, 0.25) is 0 Å². The first-order valence-corrected chi connectivity index (χ1v) is 9.80. The van der Waals surface area contributed by atoms with E-state index in [1.807, 2.05) is 27.7 Å². The van der Waals surface area contributed by atoms with Gasteiger partial charge < -0.3 is 15.5 Å². The Morgan fingerprint density at radius 3 is 2.37 bits per heavy atom. The number of likely N-dealkylation sites (tertiary alicyclic amines) is 1. The van der Waals surface area contributed by atoms with Crippen molar-refractivity contribution < 1.29 is 14.4 Å². The third-order valence-electron chi connectivity index (χ3n) is 5.18. The largest absolute Gasteiger partial charge is 0.347 e. The molecule has 0 saturated carbocycles. The van der Waals surface area contributed by atoms with Crippen molar-refractivity contribution in [1.82, 2.24) is 10.2 Å². The first-order chi connectivity index (χ1) is 12.8. The van der Waals surface area contributed by atoms with Crippen LogP contribution in [0.1, 0.15) is 70.2 Å². The molecule has 0 bridgehead atoms. The lowest BCUT2D eigenvalue weighted by Crippen LogP contribution is -2.49. The molecule has 1 aromatic rings. The SMILES string of the molecule is CCC(=O)N1CCCC[C@@H]1C(=O)Nc1ccc(C(=O)NC(C)(C)CC)cc1. The fraction of sp³-hybridized carbons (Fsp3) is 0.571. The summed E-state index contributed by atoms with van der Waals surface area (Å²) in [6, 6.07) is 6.43. The van der Waals surface area contributed by atoms with Gasteiger partial charge in [0.05, 0.1) is 0 Å². The molecule has 27 heavy (non-hydrogen) atoms. The molecule has 0 radical (unpaired) electrons. The van der Waals surface area contributed by atoms with Gasteiger partial charge in [0.25, 0.3) is 5.91 Å². The Kier molecular flexibility index (Phi) is 6.99. The fourth-order valence-electron chi connectivity index (χ4n) is 3.10. The fourth-order valence-corrected chi connectivity index (χ4v) is 3.10. The number of nitrogens with zero attached hydrogens (tertiary/aromatic N) is 1. The molecule has 0 spiro atoms. The summed E-state index contributed by atoms with van der Waals surface area (Å²) in [6.45, 7) is 8.43. The van der Waals surface area contributed by atoms with Gasteiger partial charge in [-0.25, -0.2) is 0 Å². The molecule has 0 aromatic heterocycles. The molecule has 0 aliphatic carbocycles. The molecule has 1 aliphatic heterocycles. The summed E-state index contributed by atoms with van der Waals surface area (Å²) < 4.78 is 0. The van der Waals surface area contributed by atoms with Crippen molar-refractivity contribution in [3.8, 4) is 0 Å². The van der Waals surface area contributed by atoms with Gasteiger partial charge in [0, 0.05) is 29.8 Å². The van der Waals surface area contributed by atoms with Crippen LogP contribution in [-0.4, -0.2) is 40.7 Å². The number of benzene rings is 1. The van der Waals surface area contributed by atoms with Crippen molar-refractivity contribution in [1.29, 1.82) is 0 Å². The van der Waals surface area contributed by atoms with Crippen molar-refractivity contribution in [2.75, 3.05) is 11.9 Å². The number of amides is 3. The molecule has 0 unspecified atom stereocenters. The van der Waals surface area contributed by atoms with E-state index < -0.39 is 6.04 Å². The second-order valence-corrected chi connectivity index (χ2v) is 7.71. The average molecular weight is 373 g/mol. The van der Waals surface area contributed by atoms with Crippen molar-refractivity contribution >= 4 is 23.4 Å². The summed E-state index contributed by atoms with van der Waals surface area (Å²) in [6.07, 6.45) is 3.80. The normalized spacial score (nSPS) is 17.3. The molecular weight excluding hydrogens is 342 g/mol. The number of piperidine rings is 1. The molecule has 2 N–H and O–H groups in total. The van der Waals surface area contributed by atoms with Crippen LogP contribution >= 0.6 is 0 Å². The Morgan fingerprint density at radius 2 is 1.78 bits per heavy atom. The predicted molar refractivity (Wildman–Crippen MR) is 107 cm³/mol. The van der Waals surface area contributed by atoms with Gasteiger partial charge in [0.15, 0.2) is 0 Å². The lowest BCUT2D eigenvalue weighted by molar-refractivity contribution is -0.140. The van der Waals surface area contributed by atoms with Crippen molar-refractivity contribution in [3.63, 3.8) is 0 Å². The number of hydrogen-bond donors (Lipinski definition) is 2. The van der Waals surface area contributed by atoms with Gasteiger partial charge in [-0.15, -0.1) is 0 Å². The van der Waals surface area contributed by atoms with Crippen LogP contribution in [0.5, 0.6) is 0 Å². The van der Waals surface area contributed by atoms with Crippen LogP contribution in [0.15, 0.2) is 24.3 Å². The Bertz CT molecular complexity index is 682. The van der Waals surface area contributed by atoms with Crippen molar-refractivity contribution in [3.05, 3.63) is 29.8 Å². The van der Waals surface area contributed by atoms with Crippen LogP contribution in [0.3, 0.4) is 0 Å². The van der Waals surface area contributed by atoms with Gasteiger partial charge in [-0.3, -0.25) is 14.4 Å². The first kappa shape index (κ1) is 20.9. The van der Waals surface area contributed by atoms with Gasteiger partial charge in [0.2, 0.25) is 11.8 Å². The second-order valence-electron chi connectivity index (χ2n) is 7.71. The Morgan fingerprint density at radius 1 is 1.11 bits per heavy atom. The van der Waals surface area contributed by atoms with Gasteiger partial charge >= 0.3 is 0 Å². The molecule has 3 amide bonds. The second kappa shape index (κ2) is 9.02. The van der Waals surface area contributed by atoms with Crippen molar-refractivity contribution in [2.45, 2.75) is 71.4 Å².